The zero-order chi connectivity index (χ0) is 16.3. The fourth-order valence-corrected chi connectivity index (χ4v) is 7.10. The van der Waals surface area contributed by atoms with Gasteiger partial charge >= 0.3 is 17.8 Å². The van der Waals surface area contributed by atoms with Crippen LogP contribution in [0.4, 0.5) is 0 Å². The van der Waals surface area contributed by atoms with Gasteiger partial charge in [0.25, 0.3) is 0 Å². The second-order valence-electron chi connectivity index (χ2n) is 5.97. The van der Waals surface area contributed by atoms with Crippen LogP contribution in [0.1, 0.15) is 41.5 Å². The lowest BCUT2D eigenvalue weighted by molar-refractivity contribution is 0.223. The highest BCUT2D eigenvalue weighted by atomic mass is 28.4. The first kappa shape index (κ1) is 22.6. The van der Waals surface area contributed by atoms with Crippen LogP contribution in [0.15, 0.2) is 0 Å². The smallest absolute Gasteiger partial charge is 0.342 e. The Bertz CT molecular complexity index is 205. The van der Waals surface area contributed by atoms with E-state index in [0.717, 1.165) is 6.04 Å². The normalized spacial score (nSPS) is 12.3. The topological polar surface area (TPSA) is 36.9 Å². The van der Waals surface area contributed by atoms with Crippen molar-refractivity contribution in [1.82, 2.24) is 0 Å². The lowest BCUT2D eigenvalue weighted by atomic mass is 10.3. The Labute approximate surface area is 129 Å². The summed E-state index contributed by atoms with van der Waals surface area (Å²) in [5.41, 5.74) is 1.02. The van der Waals surface area contributed by atoms with Crippen LogP contribution >= 0.6 is 0 Å². The van der Waals surface area contributed by atoms with E-state index in [1.54, 1.807) is 28.4 Å². The Kier molecular flexibility index (Phi) is 13.4. The fraction of sp³-hybridized carbons (Fsp3) is 1.00. The molecule has 0 aromatic rings. The lowest BCUT2D eigenvalue weighted by Gasteiger charge is -2.34. The van der Waals surface area contributed by atoms with E-state index in [9.17, 15) is 0 Å². The Morgan fingerprint density at radius 2 is 1.10 bits per heavy atom. The van der Waals surface area contributed by atoms with Crippen molar-refractivity contribution in [2.24, 2.45) is 5.92 Å². The Hall–Kier alpha value is 0.274. The summed E-state index contributed by atoms with van der Waals surface area (Å²) in [5, 5.41) is 0. The first-order valence-electron chi connectivity index (χ1n) is 7.37. The Balaban J connectivity index is 0. The monoisotopic (exact) mass is 324 g/mol. The molecule has 6 heteroatoms. The molecular formula is C14H36O4Si2. The highest BCUT2D eigenvalue weighted by molar-refractivity contribution is 6.70. The van der Waals surface area contributed by atoms with Crippen LogP contribution in [-0.4, -0.2) is 46.3 Å². The van der Waals surface area contributed by atoms with Gasteiger partial charge in [-0.1, -0.05) is 41.5 Å². The maximum Gasteiger partial charge on any atom is 0.342 e. The molecule has 0 bridgehead atoms. The minimum absolute atomic E-state index is 0.512. The molecule has 0 spiro atoms. The van der Waals surface area contributed by atoms with Crippen LogP contribution in [0.25, 0.3) is 0 Å². The van der Waals surface area contributed by atoms with Crippen molar-refractivity contribution in [2.75, 3.05) is 28.4 Å². The molecule has 0 unspecified atom stereocenters. The first-order chi connectivity index (χ1) is 9.21. The molecule has 0 atom stereocenters. The van der Waals surface area contributed by atoms with Gasteiger partial charge in [0.05, 0.1) is 0 Å². The standard InChI is InChI=1S/C8H20O2Si.C6H16O2Si/c1-7(2)11(9-5,10-6)8(3)4;1-6(2)5-9(7-3)8-4/h7-8H,1-6H3;6,9H,5H2,1-4H3. The quantitative estimate of drug-likeness (QED) is 0.638. The van der Waals surface area contributed by atoms with Crippen LogP contribution < -0.4 is 0 Å². The summed E-state index contributed by atoms with van der Waals surface area (Å²) >= 11 is 0. The van der Waals surface area contributed by atoms with Gasteiger partial charge in [-0.05, 0) is 23.0 Å². The average Bonchev–Trinajstić information content (AvgIpc) is 2.37. The molecule has 0 rings (SSSR count). The summed E-state index contributed by atoms with van der Waals surface area (Å²) in [7, 11) is 3.82. The van der Waals surface area contributed by atoms with Gasteiger partial charge in [0, 0.05) is 28.4 Å². The highest BCUT2D eigenvalue weighted by Crippen LogP contribution is 2.32. The first-order valence-corrected chi connectivity index (χ1v) is 11.1. The number of rotatable bonds is 8. The molecule has 0 amide bonds. The lowest BCUT2D eigenvalue weighted by Crippen LogP contribution is -2.46. The Morgan fingerprint density at radius 1 is 0.750 bits per heavy atom. The van der Waals surface area contributed by atoms with E-state index in [-0.39, 0.29) is 0 Å². The molecule has 0 aromatic heterocycles. The van der Waals surface area contributed by atoms with Crippen LogP contribution in [-0.2, 0) is 17.7 Å². The highest BCUT2D eigenvalue weighted by Gasteiger charge is 2.42. The predicted octanol–water partition coefficient (Wildman–Crippen LogP) is 3.70. The van der Waals surface area contributed by atoms with Gasteiger partial charge in [0.15, 0.2) is 0 Å². The molecule has 124 valence electrons. The summed E-state index contributed by atoms with van der Waals surface area (Å²) < 4.78 is 21.3. The molecule has 4 nitrogen and oxygen atoms in total. The summed E-state index contributed by atoms with van der Waals surface area (Å²) in [6, 6.07) is 1.10. The van der Waals surface area contributed by atoms with Crippen molar-refractivity contribution >= 4 is 17.8 Å². The molecule has 0 aliphatic rings. The van der Waals surface area contributed by atoms with Gasteiger partial charge in [-0.25, -0.2) is 0 Å². The molecule has 0 aliphatic carbocycles. The van der Waals surface area contributed by atoms with E-state index in [0.29, 0.717) is 17.0 Å². The molecule has 0 saturated carbocycles. The van der Waals surface area contributed by atoms with Crippen LogP contribution in [0.2, 0.25) is 17.1 Å². The van der Waals surface area contributed by atoms with Gasteiger partial charge in [0.2, 0.25) is 0 Å². The molecule has 0 fully saturated rings. The summed E-state index contributed by atoms with van der Waals surface area (Å²) in [5.74, 6) is 0.696. The van der Waals surface area contributed by atoms with Gasteiger partial charge < -0.3 is 17.7 Å². The molecule has 0 aromatic carbocycles. The zero-order valence-electron chi connectivity index (χ0n) is 15.1. The van der Waals surface area contributed by atoms with Crippen molar-refractivity contribution in [3.63, 3.8) is 0 Å². The van der Waals surface area contributed by atoms with E-state index in [1.807, 2.05) is 0 Å². The maximum atomic E-state index is 5.53. The molecule has 20 heavy (non-hydrogen) atoms. The van der Waals surface area contributed by atoms with E-state index >= 15 is 0 Å². The average molecular weight is 325 g/mol. The van der Waals surface area contributed by atoms with Crippen LogP contribution in [0.3, 0.4) is 0 Å². The number of hydrogen-bond donors (Lipinski definition) is 0. The van der Waals surface area contributed by atoms with Crippen LogP contribution in [0, 0.1) is 5.92 Å². The molecule has 0 aliphatic heterocycles. The van der Waals surface area contributed by atoms with E-state index < -0.39 is 17.8 Å². The summed E-state index contributed by atoms with van der Waals surface area (Å²) in [6.07, 6.45) is 0. The molecule has 0 N–H and O–H groups in total. The summed E-state index contributed by atoms with van der Waals surface area (Å²) in [6.45, 7) is 13.0. The predicted molar refractivity (Wildman–Crippen MR) is 90.8 cm³/mol. The second kappa shape index (κ2) is 11.9. The minimum Gasteiger partial charge on any atom is -0.400 e. The van der Waals surface area contributed by atoms with Crippen LogP contribution in [0.5, 0.6) is 0 Å². The van der Waals surface area contributed by atoms with Crippen molar-refractivity contribution < 1.29 is 17.7 Å². The number of hydrogen-bond acceptors (Lipinski definition) is 4. The van der Waals surface area contributed by atoms with Gasteiger partial charge in [-0.3, -0.25) is 0 Å². The molecular weight excluding hydrogens is 288 g/mol. The van der Waals surface area contributed by atoms with Gasteiger partial charge in [-0.15, -0.1) is 0 Å². The molecule has 0 saturated heterocycles. The SMILES string of the molecule is CO[SiH](CC(C)C)OC.CO[Si](OC)(C(C)C)C(C)C. The van der Waals surface area contributed by atoms with Crippen molar-refractivity contribution in [1.29, 1.82) is 0 Å². The third-order valence-corrected chi connectivity index (χ3v) is 10.3. The van der Waals surface area contributed by atoms with Crippen molar-refractivity contribution in [2.45, 2.75) is 58.7 Å². The van der Waals surface area contributed by atoms with E-state index in [2.05, 4.69) is 41.5 Å². The Morgan fingerprint density at radius 3 is 1.15 bits per heavy atom. The van der Waals surface area contributed by atoms with Gasteiger partial charge in [0.1, 0.15) is 0 Å². The molecule has 0 heterocycles. The minimum atomic E-state index is -1.90. The zero-order valence-corrected chi connectivity index (χ0v) is 17.3. The van der Waals surface area contributed by atoms with E-state index in [4.69, 9.17) is 17.7 Å². The second-order valence-corrected chi connectivity index (χ2v) is 12.8. The van der Waals surface area contributed by atoms with Crippen molar-refractivity contribution in [3.05, 3.63) is 0 Å². The largest absolute Gasteiger partial charge is 0.400 e. The third kappa shape index (κ3) is 7.90. The maximum absolute atomic E-state index is 5.53. The fourth-order valence-electron chi connectivity index (χ4n) is 2.37. The third-order valence-electron chi connectivity index (χ3n) is 3.44. The summed E-state index contributed by atoms with van der Waals surface area (Å²) in [4.78, 5) is 0. The molecule has 0 radical (unpaired) electrons. The van der Waals surface area contributed by atoms with E-state index in [1.165, 1.54) is 0 Å². The van der Waals surface area contributed by atoms with Gasteiger partial charge in [-0.2, -0.15) is 0 Å². The van der Waals surface area contributed by atoms with Crippen molar-refractivity contribution in [3.8, 4) is 0 Å².